The maximum absolute atomic E-state index is 13.9. The molecule has 182 valence electrons. The van der Waals surface area contributed by atoms with Gasteiger partial charge in [-0.3, -0.25) is 9.59 Å². The predicted molar refractivity (Wildman–Crippen MR) is 128 cm³/mol. The average Bonchev–Trinajstić information content (AvgIpc) is 3.33. The SMILES string of the molecule is O=C(OC1C2CC3CC(C2)CC1C3)C1(C(=O)OC2C3CC4CC(C3)CC2C4)CC1c1cccs1. The Bertz CT molecular complexity index is 886. The Labute approximate surface area is 206 Å². The average molecular weight is 481 g/mol. The molecule has 0 aromatic carbocycles. The molecule has 0 radical (unpaired) electrons. The van der Waals surface area contributed by atoms with Gasteiger partial charge in [0.2, 0.25) is 0 Å². The lowest BCUT2D eigenvalue weighted by Gasteiger charge is -2.54. The van der Waals surface area contributed by atoms with Gasteiger partial charge in [0.1, 0.15) is 12.2 Å². The van der Waals surface area contributed by atoms with Gasteiger partial charge in [0.15, 0.2) is 5.41 Å². The summed E-state index contributed by atoms with van der Waals surface area (Å²) in [6.45, 7) is 0. The molecule has 0 aliphatic heterocycles. The van der Waals surface area contributed by atoms with E-state index >= 15 is 0 Å². The molecule has 8 bridgehead atoms. The molecule has 34 heavy (non-hydrogen) atoms. The fourth-order valence-corrected chi connectivity index (χ4v) is 11.1. The maximum atomic E-state index is 13.9. The monoisotopic (exact) mass is 480 g/mol. The zero-order valence-electron chi connectivity index (χ0n) is 19.9. The first-order valence-electron chi connectivity index (χ1n) is 14.0. The highest BCUT2D eigenvalue weighted by Gasteiger charge is 2.70. The van der Waals surface area contributed by atoms with E-state index in [1.165, 1.54) is 64.2 Å². The van der Waals surface area contributed by atoms with Crippen LogP contribution in [0.5, 0.6) is 0 Å². The fourth-order valence-electron chi connectivity index (χ4n) is 10.2. The number of ether oxygens (including phenoxy) is 2. The minimum absolute atomic E-state index is 0.0238. The largest absolute Gasteiger partial charge is 0.461 e. The summed E-state index contributed by atoms with van der Waals surface area (Å²) in [7, 11) is 0. The summed E-state index contributed by atoms with van der Waals surface area (Å²) < 4.78 is 12.8. The second-order valence-electron chi connectivity index (χ2n) is 13.3. The summed E-state index contributed by atoms with van der Waals surface area (Å²) in [5, 5.41) is 2.05. The molecule has 0 spiro atoms. The molecule has 9 saturated carbocycles. The molecular formula is C29H36O4S. The summed E-state index contributed by atoms with van der Waals surface area (Å²) >= 11 is 1.65. The highest BCUT2D eigenvalue weighted by molar-refractivity contribution is 7.10. The fraction of sp³-hybridized carbons (Fsp3) is 0.793. The van der Waals surface area contributed by atoms with Crippen LogP contribution in [0.25, 0.3) is 0 Å². The summed E-state index contributed by atoms with van der Waals surface area (Å²) in [6, 6.07) is 4.10. The van der Waals surface area contributed by atoms with Crippen LogP contribution >= 0.6 is 11.3 Å². The summed E-state index contributed by atoms with van der Waals surface area (Å²) in [5.74, 6) is 4.81. The Hall–Kier alpha value is -1.36. The predicted octanol–water partition coefficient (Wildman–Crippen LogP) is 5.96. The van der Waals surface area contributed by atoms with Crippen molar-refractivity contribution >= 4 is 23.3 Å². The van der Waals surface area contributed by atoms with Crippen molar-refractivity contribution in [2.24, 2.45) is 52.8 Å². The zero-order chi connectivity index (χ0) is 22.6. The van der Waals surface area contributed by atoms with Crippen LogP contribution < -0.4 is 0 Å². The van der Waals surface area contributed by atoms with E-state index < -0.39 is 5.41 Å². The van der Waals surface area contributed by atoms with E-state index in [2.05, 4.69) is 6.07 Å². The summed E-state index contributed by atoms with van der Waals surface area (Å²) in [5.41, 5.74) is -1.10. The molecule has 1 atom stereocenters. The molecule has 1 unspecified atom stereocenters. The third kappa shape index (κ3) is 3.01. The van der Waals surface area contributed by atoms with Crippen molar-refractivity contribution < 1.29 is 19.1 Å². The molecule has 9 fully saturated rings. The molecule has 9 aliphatic carbocycles. The van der Waals surface area contributed by atoms with Crippen molar-refractivity contribution in [1.29, 1.82) is 0 Å². The van der Waals surface area contributed by atoms with Crippen LogP contribution in [0.4, 0.5) is 0 Å². The van der Waals surface area contributed by atoms with Gasteiger partial charge in [-0.15, -0.1) is 11.3 Å². The normalized spacial score (nSPS) is 51.5. The van der Waals surface area contributed by atoms with E-state index in [4.69, 9.17) is 9.47 Å². The molecule has 10 rings (SSSR count). The first-order valence-corrected chi connectivity index (χ1v) is 14.9. The number of rotatable bonds is 5. The number of thiophene rings is 1. The van der Waals surface area contributed by atoms with E-state index in [1.807, 2.05) is 11.4 Å². The van der Waals surface area contributed by atoms with Gasteiger partial charge in [0, 0.05) is 10.8 Å². The molecule has 5 heteroatoms. The third-order valence-electron chi connectivity index (χ3n) is 11.3. The van der Waals surface area contributed by atoms with Gasteiger partial charge < -0.3 is 9.47 Å². The number of hydrogen-bond donors (Lipinski definition) is 0. The van der Waals surface area contributed by atoms with Crippen LogP contribution in [0.2, 0.25) is 0 Å². The quantitative estimate of drug-likeness (QED) is 0.386. The van der Waals surface area contributed by atoms with Crippen molar-refractivity contribution in [1.82, 2.24) is 0 Å². The molecule has 0 saturated heterocycles. The highest BCUT2D eigenvalue weighted by atomic mass is 32.1. The molecule has 0 N–H and O–H groups in total. The second-order valence-corrected chi connectivity index (χ2v) is 14.3. The van der Waals surface area contributed by atoms with Gasteiger partial charge in [0.05, 0.1) is 0 Å². The van der Waals surface area contributed by atoms with Gasteiger partial charge in [0.25, 0.3) is 0 Å². The van der Waals surface area contributed by atoms with Crippen molar-refractivity contribution in [3.63, 3.8) is 0 Å². The number of carbonyl (C=O) groups is 2. The Morgan fingerprint density at radius 1 is 0.706 bits per heavy atom. The number of hydrogen-bond acceptors (Lipinski definition) is 5. The van der Waals surface area contributed by atoms with E-state index in [0.29, 0.717) is 30.1 Å². The molecule has 9 aliphatic rings. The topological polar surface area (TPSA) is 52.6 Å². The number of carbonyl (C=O) groups excluding carboxylic acids is 2. The lowest BCUT2D eigenvalue weighted by molar-refractivity contribution is -0.191. The van der Waals surface area contributed by atoms with Crippen molar-refractivity contribution in [2.45, 2.75) is 88.8 Å². The van der Waals surface area contributed by atoms with E-state index in [0.717, 1.165) is 28.5 Å². The molecule has 0 amide bonds. The minimum Gasteiger partial charge on any atom is -0.461 e. The van der Waals surface area contributed by atoms with Crippen LogP contribution in [-0.4, -0.2) is 24.1 Å². The van der Waals surface area contributed by atoms with Crippen molar-refractivity contribution in [3.05, 3.63) is 22.4 Å². The van der Waals surface area contributed by atoms with Crippen LogP contribution in [0.15, 0.2) is 17.5 Å². The first-order chi connectivity index (χ1) is 16.6. The van der Waals surface area contributed by atoms with Crippen molar-refractivity contribution in [2.75, 3.05) is 0 Å². The molecule has 1 aromatic rings. The van der Waals surface area contributed by atoms with Gasteiger partial charge in [-0.25, -0.2) is 0 Å². The maximum Gasteiger partial charge on any atom is 0.324 e. The first kappa shape index (κ1) is 20.8. The lowest BCUT2D eigenvalue weighted by atomic mass is 9.55. The van der Waals surface area contributed by atoms with Crippen molar-refractivity contribution in [3.8, 4) is 0 Å². The Kier molecular flexibility index (Phi) is 4.49. The Morgan fingerprint density at radius 3 is 1.53 bits per heavy atom. The summed E-state index contributed by atoms with van der Waals surface area (Å²) in [6.07, 6.45) is 13.1. The van der Waals surface area contributed by atoms with Gasteiger partial charge in [-0.2, -0.15) is 0 Å². The van der Waals surface area contributed by atoms with Crippen LogP contribution in [0.1, 0.15) is 81.4 Å². The molecule has 1 aromatic heterocycles. The minimum atomic E-state index is -1.10. The standard InChI is InChI=1S/C29H36O4S/c30-27(32-25-19-6-15-4-16(8-19)9-20(25)7-15)29(14-23(29)24-2-1-3-34-24)28(31)33-26-21-10-17-5-18(12-21)13-22(26)11-17/h1-3,15-23,25-26H,4-14H2. The van der Waals surface area contributed by atoms with Crippen LogP contribution in [-0.2, 0) is 19.1 Å². The lowest BCUT2D eigenvalue weighted by Crippen LogP contribution is -2.52. The molecule has 1 heterocycles. The number of esters is 2. The molecular weight excluding hydrogens is 444 g/mol. The smallest absolute Gasteiger partial charge is 0.324 e. The van der Waals surface area contributed by atoms with Gasteiger partial charge in [-0.05, 0) is 129 Å². The van der Waals surface area contributed by atoms with E-state index in [1.54, 1.807) is 11.3 Å². The van der Waals surface area contributed by atoms with Gasteiger partial charge >= 0.3 is 11.9 Å². The molecule has 4 nitrogen and oxygen atoms in total. The van der Waals surface area contributed by atoms with Gasteiger partial charge in [-0.1, -0.05) is 6.07 Å². The second kappa shape index (κ2) is 7.33. The van der Waals surface area contributed by atoms with E-state index in [9.17, 15) is 9.59 Å². The third-order valence-corrected chi connectivity index (χ3v) is 12.3. The van der Waals surface area contributed by atoms with Crippen LogP contribution in [0.3, 0.4) is 0 Å². The Morgan fingerprint density at radius 2 is 1.15 bits per heavy atom. The zero-order valence-corrected chi connectivity index (χ0v) is 20.7. The summed E-state index contributed by atoms with van der Waals surface area (Å²) in [4.78, 5) is 28.9. The van der Waals surface area contributed by atoms with Crippen LogP contribution in [0, 0.1) is 52.8 Å². The Balaban J connectivity index is 1.04. The van der Waals surface area contributed by atoms with E-state index in [-0.39, 0.29) is 30.1 Å². The highest BCUT2D eigenvalue weighted by Crippen LogP contribution is 2.64.